The molecule has 8 atom stereocenters. The van der Waals surface area contributed by atoms with Gasteiger partial charge in [0.15, 0.2) is 0 Å². The topological polar surface area (TPSA) is 99.6 Å². The van der Waals surface area contributed by atoms with Crippen LogP contribution < -0.4 is 9.64 Å². The number of aliphatic hydroxyl groups is 1. The van der Waals surface area contributed by atoms with E-state index in [-0.39, 0.29) is 41.6 Å². The molecule has 1 N–H and O–H groups in total. The maximum absolute atomic E-state index is 14.8. The first-order chi connectivity index (χ1) is 20.1. The van der Waals surface area contributed by atoms with Crippen LogP contribution in [0, 0.1) is 17.8 Å². The van der Waals surface area contributed by atoms with Crippen LogP contribution in [0.15, 0.2) is 49.6 Å². The summed E-state index contributed by atoms with van der Waals surface area (Å²) in [6, 6.07) is 5.47. The number of likely N-dealkylation sites (tertiary alicyclic amines) is 1. The molecule has 1 aromatic carbocycles. The highest BCUT2D eigenvalue weighted by molar-refractivity contribution is 9.09. The van der Waals surface area contributed by atoms with Crippen molar-refractivity contribution in [3.8, 4) is 5.75 Å². The standard InChI is InChI=1S/C32H44BrN3O6/c1-7-15-34(16-8-2)29(38)25-26-30(39)36(24(19-37)20(5)10-4)28(32(26)18-23(33)27(25)42-32)31(40)35(17-9-3)21-11-13-22(41-6)14-12-21/h7,9,11-14,20,23-28,37H,1,3,8,10,15-19H2,2,4-6H3/t20-,23?,24-,25-,26-,27-,28?,32?/m0/s1. The number of nitrogens with zero attached hydrogens (tertiary/aromatic N) is 3. The number of halogens is 1. The quantitative estimate of drug-likeness (QED) is 0.244. The summed E-state index contributed by atoms with van der Waals surface area (Å²) in [5.74, 6) is -1.85. The van der Waals surface area contributed by atoms with Crippen LogP contribution in [0.3, 0.4) is 0 Å². The Kier molecular flexibility index (Phi) is 10.2. The second-order valence-corrected chi connectivity index (χ2v) is 12.7. The first-order valence-electron chi connectivity index (χ1n) is 14.9. The summed E-state index contributed by atoms with van der Waals surface area (Å²) in [6.45, 7) is 14.4. The van der Waals surface area contributed by atoms with Crippen molar-refractivity contribution in [3.63, 3.8) is 0 Å². The molecule has 0 aliphatic carbocycles. The molecular weight excluding hydrogens is 602 g/mol. The van der Waals surface area contributed by atoms with Gasteiger partial charge >= 0.3 is 0 Å². The monoisotopic (exact) mass is 645 g/mol. The van der Waals surface area contributed by atoms with E-state index >= 15 is 0 Å². The fraction of sp³-hybridized carbons (Fsp3) is 0.594. The Balaban J connectivity index is 1.85. The molecule has 230 valence electrons. The first kappa shape index (κ1) is 32.2. The van der Waals surface area contributed by atoms with Crippen LogP contribution in [0.4, 0.5) is 5.69 Å². The number of carbonyl (C=O) groups excluding carboxylic acids is 3. The summed E-state index contributed by atoms with van der Waals surface area (Å²) in [5.41, 5.74) is -0.612. The number of amides is 3. The normalized spacial score (nSPS) is 29.1. The van der Waals surface area contributed by atoms with Gasteiger partial charge in [0, 0.05) is 30.1 Å². The van der Waals surface area contributed by atoms with E-state index in [2.05, 4.69) is 29.1 Å². The van der Waals surface area contributed by atoms with Crippen LogP contribution in [0.1, 0.15) is 40.0 Å². The summed E-state index contributed by atoms with van der Waals surface area (Å²) in [6.07, 6.45) is 4.61. The molecule has 4 rings (SSSR count). The average molecular weight is 647 g/mol. The molecule has 1 spiro atoms. The SMILES string of the molecule is C=CCN(CCC)C(=O)[C@H]1[C@H]2C(=O)N([C@@H](CO)[C@@H](C)CC)C(C(=O)N(CC=C)c3ccc(OC)cc3)C23CC(Br)[C@@H]1O3. The molecule has 9 nitrogen and oxygen atoms in total. The second-order valence-electron chi connectivity index (χ2n) is 11.6. The van der Waals surface area contributed by atoms with Crippen LogP contribution in [-0.2, 0) is 19.1 Å². The average Bonchev–Trinajstić information content (AvgIpc) is 3.59. The lowest BCUT2D eigenvalue weighted by molar-refractivity contribution is -0.148. The molecular formula is C32H44BrN3O6. The molecule has 2 bridgehead atoms. The van der Waals surface area contributed by atoms with Crippen molar-refractivity contribution in [2.45, 2.75) is 68.6 Å². The van der Waals surface area contributed by atoms with Gasteiger partial charge in [-0.15, -0.1) is 13.2 Å². The summed E-state index contributed by atoms with van der Waals surface area (Å²) in [7, 11) is 1.58. The maximum Gasteiger partial charge on any atom is 0.253 e. The molecule has 3 aliphatic heterocycles. The van der Waals surface area contributed by atoms with Gasteiger partial charge in [0.05, 0.1) is 37.7 Å². The van der Waals surface area contributed by atoms with E-state index in [9.17, 15) is 19.5 Å². The number of aliphatic hydroxyl groups excluding tert-OH is 1. The van der Waals surface area contributed by atoms with Gasteiger partial charge in [-0.1, -0.05) is 55.3 Å². The minimum Gasteiger partial charge on any atom is -0.497 e. The molecule has 3 unspecified atom stereocenters. The van der Waals surface area contributed by atoms with Gasteiger partial charge in [-0.2, -0.15) is 0 Å². The highest BCUT2D eigenvalue weighted by Gasteiger charge is 2.77. The number of hydrogen-bond acceptors (Lipinski definition) is 6. The number of alkyl halides is 1. The van der Waals surface area contributed by atoms with Gasteiger partial charge in [-0.3, -0.25) is 14.4 Å². The lowest BCUT2D eigenvalue weighted by Crippen LogP contribution is -2.60. The third-order valence-electron chi connectivity index (χ3n) is 9.21. The lowest BCUT2D eigenvalue weighted by atomic mass is 9.70. The number of carbonyl (C=O) groups is 3. The molecule has 3 aliphatic rings. The van der Waals surface area contributed by atoms with E-state index in [0.717, 1.165) is 6.42 Å². The largest absolute Gasteiger partial charge is 0.497 e. The van der Waals surface area contributed by atoms with E-state index in [4.69, 9.17) is 9.47 Å². The summed E-state index contributed by atoms with van der Waals surface area (Å²) in [4.78, 5) is 48.1. The van der Waals surface area contributed by atoms with E-state index in [0.29, 0.717) is 37.4 Å². The molecule has 1 aromatic rings. The number of anilines is 1. The zero-order valence-electron chi connectivity index (χ0n) is 25.1. The van der Waals surface area contributed by atoms with Crippen LogP contribution in [0.2, 0.25) is 0 Å². The Morgan fingerprint density at radius 1 is 1.21 bits per heavy atom. The number of ether oxygens (including phenoxy) is 2. The molecule has 3 fully saturated rings. The zero-order valence-corrected chi connectivity index (χ0v) is 26.7. The van der Waals surface area contributed by atoms with E-state index < -0.39 is 35.6 Å². The molecule has 3 heterocycles. The minimum atomic E-state index is -1.23. The fourth-order valence-electron chi connectivity index (χ4n) is 7.09. The van der Waals surface area contributed by atoms with E-state index in [1.807, 2.05) is 20.8 Å². The Bertz CT molecular complexity index is 1180. The van der Waals surface area contributed by atoms with E-state index in [1.54, 1.807) is 58.2 Å². The van der Waals surface area contributed by atoms with Crippen LogP contribution in [0.5, 0.6) is 5.75 Å². The number of fused-ring (bicyclic) bond motifs is 1. The Labute approximate surface area is 257 Å². The lowest BCUT2D eigenvalue weighted by Gasteiger charge is -2.41. The van der Waals surface area contributed by atoms with Crippen LogP contribution in [-0.4, -0.2) is 94.6 Å². The molecule has 3 saturated heterocycles. The Morgan fingerprint density at radius 3 is 2.43 bits per heavy atom. The highest BCUT2D eigenvalue weighted by Crippen LogP contribution is 2.61. The van der Waals surface area contributed by atoms with Gasteiger partial charge in [0.25, 0.3) is 5.91 Å². The highest BCUT2D eigenvalue weighted by atomic mass is 79.9. The summed E-state index contributed by atoms with van der Waals surface area (Å²) >= 11 is 3.75. The maximum atomic E-state index is 14.8. The van der Waals surface area contributed by atoms with Gasteiger partial charge in [0.2, 0.25) is 11.8 Å². The molecule has 42 heavy (non-hydrogen) atoms. The molecule has 0 saturated carbocycles. The molecule has 0 aromatic heterocycles. The van der Waals surface area contributed by atoms with Crippen molar-refractivity contribution in [2.24, 2.45) is 17.8 Å². The van der Waals surface area contributed by atoms with Crippen molar-refractivity contribution < 1.29 is 29.0 Å². The molecule has 0 radical (unpaired) electrons. The van der Waals surface area contributed by atoms with Gasteiger partial charge in [0.1, 0.15) is 17.4 Å². The van der Waals surface area contributed by atoms with Crippen molar-refractivity contribution in [1.29, 1.82) is 0 Å². The van der Waals surface area contributed by atoms with Crippen LogP contribution in [0.25, 0.3) is 0 Å². The van der Waals surface area contributed by atoms with Crippen molar-refractivity contribution in [1.82, 2.24) is 9.80 Å². The van der Waals surface area contributed by atoms with Gasteiger partial charge < -0.3 is 29.3 Å². The first-order valence-corrected chi connectivity index (χ1v) is 15.8. The number of rotatable bonds is 14. The molecule has 10 heteroatoms. The van der Waals surface area contributed by atoms with Gasteiger partial charge in [-0.25, -0.2) is 0 Å². The third kappa shape index (κ3) is 5.30. The third-order valence-corrected chi connectivity index (χ3v) is 10.1. The minimum absolute atomic E-state index is 0.0956. The summed E-state index contributed by atoms with van der Waals surface area (Å²) < 4.78 is 12.0. The summed E-state index contributed by atoms with van der Waals surface area (Å²) in [5, 5.41) is 10.6. The van der Waals surface area contributed by atoms with Crippen molar-refractivity contribution in [3.05, 3.63) is 49.6 Å². The van der Waals surface area contributed by atoms with Crippen LogP contribution >= 0.6 is 15.9 Å². The number of hydrogen-bond donors (Lipinski definition) is 1. The van der Waals surface area contributed by atoms with Gasteiger partial charge in [-0.05, 0) is 43.0 Å². The second kappa shape index (κ2) is 13.3. The predicted molar refractivity (Wildman–Crippen MR) is 165 cm³/mol. The zero-order chi connectivity index (χ0) is 30.8. The number of benzene rings is 1. The smallest absolute Gasteiger partial charge is 0.253 e. The number of methoxy groups -OCH3 is 1. The van der Waals surface area contributed by atoms with Crippen molar-refractivity contribution in [2.75, 3.05) is 38.3 Å². The Hall–Kier alpha value is -2.69. The predicted octanol–water partition coefficient (Wildman–Crippen LogP) is 3.79. The van der Waals surface area contributed by atoms with E-state index in [1.165, 1.54) is 0 Å². The Morgan fingerprint density at radius 2 is 1.88 bits per heavy atom. The van der Waals surface area contributed by atoms with Crippen molar-refractivity contribution >= 4 is 39.3 Å². The molecule has 3 amide bonds. The fourth-order valence-corrected chi connectivity index (χ4v) is 8.03.